The van der Waals surface area contributed by atoms with Gasteiger partial charge in [-0.1, -0.05) is 6.92 Å². The smallest absolute Gasteiger partial charge is 0.321 e. The minimum absolute atomic E-state index is 0.170. The van der Waals surface area contributed by atoms with Gasteiger partial charge in [-0.15, -0.1) is 0 Å². The monoisotopic (exact) mass is 266 g/mol. The quantitative estimate of drug-likeness (QED) is 0.893. The number of methoxy groups -OCH3 is 1. The summed E-state index contributed by atoms with van der Waals surface area (Å²) in [6.45, 7) is 3.64. The van der Waals surface area contributed by atoms with Crippen LogP contribution in [0.4, 0.5) is 14.9 Å². The summed E-state index contributed by atoms with van der Waals surface area (Å²) in [6.07, 6.45) is 2.17. The van der Waals surface area contributed by atoms with E-state index in [0.29, 0.717) is 11.6 Å². The lowest BCUT2D eigenvalue weighted by atomic mass is 10.0. The maximum Gasteiger partial charge on any atom is 0.321 e. The van der Waals surface area contributed by atoms with Crippen molar-refractivity contribution in [2.75, 3.05) is 25.5 Å². The van der Waals surface area contributed by atoms with E-state index in [1.54, 1.807) is 11.0 Å². The van der Waals surface area contributed by atoms with Crippen molar-refractivity contribution < 1.29 is 13.9 Å². The molecule has 1 aliphatic rings. The normalized spacial score (nSPS) is 19.1. The highest BCUT2D eigenvalue weighted by molar-refractivity contribution is 5.89. The second kappa shape index (κ2) is 5.91. The second-order valence-corrected chi connectivity index (χ2v) is 4.97. The lowest BCUT2D eigenvalue weighted by molar-refractivity contribution is 0.182. The molecule has 0 unspecified atom stereocenters. The van der Waals surface area contributed by atoms with Crippen LogP contribution < -0.4 is 10.1 Å². The van der Waals surface area contributed by atoms with Crippen molar-refractivity contribution in [1.82, 2.24) is 4.90 Å². The number of benzene rings is 1. The summed E-state index contributed by atoms with van der Waals surface area (Å²) in [5.41, 5.74) is 0.446. The molecule has 0 saturated carbocycles. The lowest BCUT2D eigenvalue weighted by Gasteiger charge is -2.30. The van der Waals surface area contributed by atoms with Gasteiger partial charge in [0.2, 0.25) is 0 Å². The van der Waals surface area contributed by atoms with Gasteiger partial charge >= 0.3 is 6.03 Å². The first kappa shape index (κ1) is 13.6. The Morgan fingerprint density at radius 3 is 2.95 bits per heavy atom. The average molecular weight is 266 g/mol. The molecule has 1 atom stereocenters. The minimum atomic E-state index is -0.479. The topological polar surface area (TPSA) is 41.6 Å². The Morgan fingerprint density at radius 1 is 1.53 bits per heavy atom. The van der Waals surface area contributed by atoms with Crippen LogP contribution in [0.15, 0.2) is 18.2 Å². The van der Waals surface area contributed by atoms with Gasteiger partial charge in [0, 0.05) is 24.8 Å². The van der Waals surface area contributed by atoms with Crippen molar-refractivity contribution >= 4 is 11.7 Å². The highest BCUT2D eigenvalue weighted by atomic mass is 19.1. The number of carbonyl (C=O) groups excluding carboxylic acids is 1. The van der Waals surface area contributed by atoms with Crippen molar-refractivity contribution in [2.45, 2.75) is 19.8 Å². The summed E-state index contributed by atoms with van der Waals surface area (Å²) in [5, 5.41) is 2.72. The first-order chi connectivity index (χ1) is 9.10. The molecule has 104 valence electrons. The average Bonchev–Trinajstić information content (AvgIpc) is 2.39. The number of carbonyl (C=O) groups is 1. The number of halogens is 1. The number of urea groups is 1. The third-order valence-electron chi connectivity index (χ3n) is 3.35. The lowest BCUT2D eigenvalue weighted by Crippen LogP contribution is -2.41. The van der Waals surface area contributed by atoms with Crippen molar-refractivity contribution in [3.8, 4) is 5.75 Å². The number of amides is 2. The molecule has 19 heavy (non-hydrogen) atoms. The third kappa shape index (κ3) is 3.36. The van der Waals surface area contributed by atoms with E-state index in [0.717, 1.165) is 25.9 Å². The first-order valence-electron chi connectivity index (χ1n) is 6.49. The summed E-state index contributed by atoms with van der Waals surface area (Å²) in [4.78, 5) is 13.8. The van der Waals surface area contributed by atoms with Gasteiger partial charge in [0.1, 0.15) is 0 Å². The molecule has 0 radical (unpaired) electrons. The van der Waals surface area contributed by atoms with Crippen molar-refractivity contribution in [1.29, 1.82) is 0 Å². The zero-order valence-corrected chi connectivity index (χ0v) is 11.3. The number of hydrogen-bond donors (Lipinski definition) is 1. The van der Waals surface area contributed by atoms with Crippen LogP contribution in [-0.4, -0.2) is 31.1 Å². The van der Waals surface area contributed by atoms with E-state index in [1.165, 1.54) is 19.2 Å². The SMILES string of the molecule is COc1ccc(NC(=O)N2CCC[C@H](C)C2)cc1F. The van der Waals surface area contributed by atoms with Gasteiger partial charge in [-0.2, -0.15) is 0 Å². The Bertz CT molecular complexity index is 465. The fourth-order valence-electron chi connectivity index (χ4n) is 2.32. The second-order valence-electron chi connectivity index (χ2n) is 4.97. The van der Waals surface area contributed by atoms with E-state index in [1.807, 2.05) is 0 Å². The molecule has 0 aliphatic carbocycles. The van der Waals surface area contributed by atoms with E-state index in [9.17, 15) is 9.18 Å². The zero-order valence-electron chi connectivity index (χ0n) is 11.3. The standard InChI is InChI=1S/C14H19FN2O2/c1-10-4-3-7-17(9-10)14(18)16-11-5-6-13(19-2)12(15)8-11/h5-6,8,10H,3-4,7,9H2,1-2H3,(H,16,18)/t10-/m0/s1. The van der Waals surface area contributed by atoms with Crippen LogP contribution in [0, 0.1) is 11.7 Å². The van der Waals surface area contributed by atoms with Gasteiger partial charge in [-0.25, -0.2) is 9.18 Å². The molecule has 5 heteroatoms. The van der Waals surface area contributed by atoms with Gasteiger partial charge in [0.05, 0.1) is 7.11 Å². The number of likely N-dealkylation sites (tertiary alicyclic amines) is 1. The largest absolute Gasteiger partial charge is 0.494 e. The van der Waals surface area contributed by atoms with Gasteiger partial charge in [0.25, 0.3) is 0 Å². The van der Waals surface area contributed by atoms with E-state index in [2.05, 4.69) is 12.2 Å². The summed E-state index contributed by atoms with van der Waals surface area (Å²) >= 11 is 0. The fraction of sp³-hybridized carbons (Fsp3) is 0.500. The van der Waals surface area contributed by atoms with Crippen LogP contribution in [0.5, 0.6) is 5.75 Å². The van der Waals surface area contributed by atoms with Gasteiger partial charge < -0.3 is 15.0 Å². The molecule has 2 amide bonds. The molecule has 1 aromatic carbocycles. The van der Waals surface area contributed by atoms with Gasteiger partial charge in [-0.05, 0) is 30.9 Å². The molecule has 2 rings (SSSR count). The van der Waals surface area contributed by atoms with Crippen LogP contribution in [0.2, 0.25) is 0 Å². The highest BCUT2D eigenvalue weighted by Crippen LogP contribution is 2.22. The number of ether oxygens (including phenoxy) is 1. The fourth-order valence-corrected chi connectivity index (χ4v) is 2.32. The summed E-state index contributed by atoms with van der Waals surface area (Å²) in [7, 11) is 1.41. The molecule has 1 saturated heterocycles. The molecule has 0 bridgehead atoms. The number of hydrogen-bond acceptors (Lipinski definition) is 2. The number of nitrogens with zero attached hydrogens (tertiary/aromatic N) is 1. The molecular weight excluding hydrogens is 247 g/mol. The maximum atomic E-state index is 13.5. The van der Waals surface area contributed by atoms with Crippen molar-refractivity contribution in [3.63, 3.8) is 0 Å². The molecule has 0 spiro atoms. The Morgan fingerprint density at radius 2 is 2.32 bits per heavy atom. The minimum Gasteiger partial charge on any atom is -0.494 e. The van der Waals surface area contributed by atoms with E-state index >= 15 is 0 Å². The van der Waals surface area contributed by atoms with Gasteiger partial charge in [0.15, 0.2) is 11.6 Å². The Labute approximate surface area is 112 Å². The van der Waals surface area contributed by atoms with Crippen molar-refractivity contribution in [3.05, 3.63) is 24.0 Å². The molecular formula is C14H19FN2O2. The molecule has 1 aliphatic heterocycles. The van der Waals surface area contributed by atoms with E-state index < -0.39 is 5.82 Å². The Hall–Kier alpha value is -1.78. The van der Waals surface area contributed by atoms with Crippen LogP contribution in [0.1, 0.15) is 19.8 Å². The van der Waals surface area contributed by atoms with E-state index in [4.69, 9.17) is 4.74 Å². The molecule has 1 aromatic rings. The van der Waals surface area contributed by atoms with Crippen LogP contribution in [0.3, 0.4) is 0 Å². The summed E-state index contributed by atoms with van der Waals surface area (Å²) in [6, 6.07) is 4.23. The molecule has 0 aromatic heterocycles. The van der Waals surface area contributed by atoms with Crippen LogP contribution >= 0.6 is 0 Å². The maximum absolute atomic E-state index is 13.5. The number of nitrogens with one attached hydrogen (secondary N) is 1. The number of rotatable bonds is 2. The Balaban J connectivity index is 2.00. The van der Waals surface area contributed by atoms with Crippen molar-refractivity contribution in [2.24, 2.45) is 5.92 Å². The third-order valence-corrected chi connectivity index (χ3v) is 3.35. The van der Waals surface area contributed by atoms with E-state index in [-0.39, 0.29) is 11.8 Å². The molecule has 1 fully saturated rings. The number of piperidine rings is 1. The van der Waals surface area contributed by atoms with Gasteiger partial charge in [-0.3, -0.25) is 0 Å². The summed E-state index contributed by atoms with van der Waals surface area (Å²) < 4.78 is 18.4. The first-order valence-corrected chi connectivity index (χ1v) is 6.49. The molecule has 4 nitrogen and oxygen atoms in total. The zero-order chi connectivity index (χ0) is 13.8. The Kier molecular flexibility index (Phi) is 4.24. The van der Waals surface area contributed by atoms with Crippen LogP contribution in [-0.2, 0) is 0 Å². The molecule has 1 heterocycles. The van der Waals surface area contributed by atoms with Crippen LogP contribution in [0.25, 0.3) is 0 Å². The molecule has 1 N–H and O–H groups in total. The highest BCUT2D eigenvalue weighted by Gasteiger charge is 2.21. The summed E-state index contributed by atoms with van der Waals surface area (Å²) in [5.74, 6) is 0.212. The predicted octanol–water partition coefficient (Wildman–Crippen LogP) is 3.10. The predicted molar refractivity (Wildman–Crippen MR) is 71.9 cm³/mol. The number of anilines is 1.